The van der Waals surface area contributed by atoms with Gasteiger partial charge < -0.3 is 10.1 Å². The monoisotopic (exact) mass is 289 g/mol. The lowest BCUT2D eigenvalue weighted by molar-refractivity contribution is 0.0988. The van der Waals surface area contributed by atoms with Crippen LogP contribution in [0.1, 0.15) is 33.4 Å². The second-order valence-electron chi connectivity index (χ2n) is 4.12. The number of hydrogen-bond acceptors (Lipinski definition) is 4. The van der Waals surface area contributed by atoms with Gasteiger partial charge in [-0.15, -0.1) is 11.3 Å². The van der Waals surface area contributed by atoms with Crippen LogP contribution in [0.15, 0.2) is 35.7 Å². The SMILES string of the molecule is CCC(=O)c1cc(OC)ccc1NC(=O)c1cccs1. The molecule has 5 heteroatoms. The van der Waals surface area contributed by atoms with E-state index in [0.29, 0.717) is 28.3 Å². The normalized spacial score (nSPS) is 10.1. The minimum absolute atomic E-state index is 0.0367. The van der Waals surface area contributed by atoms with Crippen molar-refractivity contribution >= 4 is 28.7 Å². The number of ether oxygens (including phenoxy) is 1. The van der Waals surface area contributed by atoms with Gasteiger partial charge in [-0.1, -0.05) is 13.0 Å². The largest absolute Gasteiger partial charge is 0.497 e. The summed E-state index contributed by atoms with van der Waals surface area (Å²) in [6.07, 6.45) is 0.370. The maximum Gasteiger partial charge on any atom is 0.265 e. The van der Waals surface area contributed by atoms with Crippen molar-refractivity contribution < 1.29 is 14.3 Å². The van der Waals surface area contributed by atoms with E-state index in [-0.39, 0.29) is 11.7 Å². The lowest BCUT2D eigenvalue weighted by Gasteiger charge is -2.11. The Morgan fingerprint density at radius 3 is 2.70 bits per heavy atom. The minimum atomic E-state index is -0.213. The second kappa shape index (κ2) is 6.34. The van der Waals surface area contributed by atoms with Crippen molar-refractivity contribution in [1.82, 2.24) is 0 Å². The summed E-state index contributed by atoms with van der Waals surface area (Å²) in [5.41, 5.74) is 0.979. The molecule has 0 fully saturated rings. The molecule has 2 aromatic rings. The Balaban J connectivity index is 2.31. The Kier molecular flexibility index (Phi) is 4.53. The summed E-state index contributed by atoms with van der Waals surface area (Å²) in [6.45, 7) is 1.78. The van der Waals surface area contributed by atoms with Crippen LogP contribution in [-0.2, 0) is 0 Å². The summed E-state index contributed by atoms with van der Waals surface area (Å²) in [6, 6.07) is 8.61. The first-order valence-corrected chi connectivity index (χ1v) is 7.09. The Morgan fingerprint density at radius 2 is 2.10 bits per heavy atom. The van der Waals surface area contributed by atoms with Crippen molar-refractivity contribution in [3.05, 3.63) is 46.2 Å². The third kappa shape index (κ3) is 3.05. The number of amides is 1. The van der Waals surface area contributed by atoms with Crippen molar-refractivity contribution in [2.24, 2.45) is 0 Å². The predicted molar refractivity (Wildman–Crippen MR) is 79.9 cm³/mol. The lowest BCUT2D eigenvalue weighted by atomic mass is 10.1. The zero-order chi connectivity index (χ0) is 14.5. The smallest absolute Gasteiger partial charge is 0.265 e. The number of carbonyl (C=O) groups is 2. The molecular formula is C15H15NO3S. The van der Waals surface area contributed by atoms with E-state index in [0.717, 1.165) is 0 Å². The molecule has 2 rings (SSSR count). The number of nitrogens with one attached hydrogen (secondary N) is 1. The molecule has 0 spiro atoms. The number of ketones is 1. The van der Waals surface area contributed by atoms with Crippen LogP contribution >= 0.6 is 11.3 Å². The average molecular weight is 289 g/mol. The summed E-state index contributed by atoms with van der Waals surface area (Å²) in [7, 11) is 1.54. The van der Waals surface area contributed by atoms with E-state index < -0.39 is 0 Å². The van der Waals surface area contributed by atoms with Crippen LogP contribution in [0.5, 0.6) is 5.75 Å². The highest BCUT2D eigenvalue weighted by Crippen LogP contribution is 2.24. The summed E-state index contributed by atoms with van der Waals surface area (Å²) >= 11 is 1.36. The Labute approximate surface area is 121 Å². The lowest BCUT2D eigenvalue weighted by Crippen LogP contribution is -2.13. The van der Waals surface area contributed by atoms with Crippen LogP contribution in [0.3, 0.4) is 0 Å². The van der Waals surface area contributed by atoms with Gasteiger partial charge in [-0.2, -0.15) is 0 Å². The van der Waals surface area contributed by atoms with Gasteiger partial charge >= 0.3 is 0 Å². The highest BCUT2D eigenvalue weighted by atomic mass is 32.1. The number of methoxy groups -OCH3 is 1. The van der Waals surface area contributed by atoms with Gasteiger partial charge in [0, 0.05) is 12.0 Å². The Hall–Kier alpha value is -2.14. The summed E-state index contributed by atoms with van der Waals surface area (Å²) in [5.74, 6) is 0.344. The third-order valence-electron chi connectivity index (χ3n) is 2.84. The molecule has 0 saturated carbocycles. The number of Topliss-reactive ketones (excluding diaryl/α,β-unsaturated/α-hetero) is 1. The van der Waals surface area contributed by atoms with Gasteiger partial charge in [0.15, 0.2) is 5.78 Å². The number of benzene rings is 1. The first-order valence-electron chi connectivity index (χ1n) is 6.21. The summed E-state index contributed by atoms with van der Waals surface area (Å²) < 4.78 is 5.12. The first kappa shape index (κ1) is 14.3. The number of anilines is 1. The van der Waals surface area contributed by atoms with Gasteiger partial charge in [0.1, 0.15) is 5.75 Å². The quantitative estimate of drug-likeness (QED) is 0.856. The van der Waals surface area contributed by atoms with E-state index >= 15 is 0 Å². The fourth-order valence-corrected chi connectivity index (χ4v) is 2.39. The van der Waals surface area contributed by atoms with E-state index in [9.17, 15) is 9.59 Å². The standard InChI is InChI=1S/C15H15NO3S/c1-3-13(17)11-9-10(19-2)6-7-12(11)16-15(18)14-5-4-8-20-14/h4-9H,3H2,1-2H3,(H,16,18). The van der Waals surface area contributed by atoms with Gasteiger partial charge in [-0.3, -0.25) is 9.59 Å². The maximum atomic E-state index is 12.0. The van der Waals surface area contributed by atoms with Crippen LogP contribution in [0.2, 0.25) is 0 Å². The zero-order valence-electron chi connectivity index (χ0n) is 11.3. The maximum absolute atomic E-state index is 12.0. The highest BCUT2D eigenvalue weighted by Gasteiger charge is 2.14. The zero-order valence-corrected chi connectivity index (χ0v) is 12.1. The van der Waals surface area contributed by atoms with E-state index in [1.165, 1.54) is 11.3 Å². The van der Waals surface area contributed by atoms with Crippen molar-refractivity contribution in [3.63, 3.8) is 0 Å². The molecule has 0 aliphatic rings. The van der Waals surface area contributed by atoms with Crippen LogP contribution in [-0.4, -0.2) is 18.8 Å². The van der Waals surface area contributed by atoms with Crippen molar-refractivity contribution in [2.75, 3.05) is 12.4 Å². The summed E-state index contributed by atoms with van der Waals surface area (Å²) in [5, 5.41) is 4.61. The molecule has 0 unspecified atom stereocenters. The van der Waals surface area contributed by atoms with Crippen molar-refractivity contribution in [3.8, 4) is 5.75 Å². The highest BCUT2D eigenvalue weighted by molar-refractivity contribution is 7.12. The molecule has 1 heterocycles. The Morgan fingerprint density at radius 1 is 1.30 bits per heavy atom. The fourth-order valence-electron chi connectivity index (χ4n) is 1.77. The molecule has 0 aliphatic heterocycles. The molecule has 0 atom stereocenters. The second-order valence-corrected chi connectivity index (χ2v) is 5.07. The van der Waals surface area contributed by atoms with Gasteiger partial charge in [-0.25, -0.2) is 0 Å². The number of carbonyl (C=O) groups excluding carboxylic acids is 2. The molecule has 1 N–H and O–H groups in total. The molecular weight excluding hydrogens is 274 g/mol. The molecule has 0 saturated heterocycles. The molecule has 0 radical (unpaired) electrons. The molecule has 4 nitrogen and oxygen atoms in total. The van der Waals surface area contributed by atoms with Crippen LogP contribution in [0.4, 0.5) is 5.69 Å². The average Bonchev–Trinajstić information content (AvgIpc) is 3.01. The minimum Gasteiger partial charge on any atom is -0.497 e. The van der Waals surface area contributed by atoms with Crippen molar-refractivity contribution in [2.45, 2.75) is 13.3 Å². The molecule has 0 aliphatic carbocycles. The predicted octanol–water partition coefficient (Wildman–Crippen LogP) is 3.60. The molecule has 20 heavy (non-hydrogen) atoms. The Bertz CT molecular complexity index is 620. The molecule has 1 amide bonds. The van der Waals surface area contributed by atoms with Gasteiger partial charge in [0.05, 0.1) is 17.7 Å². The van der Waals surface area contributed by atoms with Gasteiger partial charge in [0.2, 0.25) is 0 Å². The third-order valence-corrected chi connectivity index (χ3v) is 3.71. The van der Waals surface area contributed by atoms with E-state index in [2.05, 4.69) is 5.32 Å². The van der Waals surface area contributed by atoms with Crippen molar-refractivity contribution in [1.29, 1.82) is 0 Å². The van der Waals surface area contributed by atoms with Gasteiger partial charge in [-0.05, 0) is 29.6 Å². The van der Waals surface area contributed by atoms with Crippen LogP contribution in [0.25, 0.3) is 0 Å². The summed E-state index contributed by atoms with van der Waals surface area (Å²) in [4.78, 5) is 24.6. The molecule has 1 aromatic heterocycles. The number of thiophene rings is 1. The number of hydrogen-bond donors (Lipinski definition) is 1. The van der Waals surface area contributed by atoms with Crippen LogP contribution < -0.4 is 10.1 Å². The molecule has 104 valence electrons. The number of rotatable bonds is 5. The fraction of sp³-hybridized carbons (Fsp3) is 0.200. The van der Waals surface area contributed by atoms with Gasteiger partial charge in [0.25, 0.3) is 5.91 Å². The first-order chi connectivity index (χ1) is 9.65. The van der Waals surface area contributed by atoms with E-state index in [4.69, 9.17) is 4.74 Å². The van der Waals surface area contributed by atoms with E-state index in [1.807, 2.05) is 11.4 Å². The molecule has 0 bridgehead atoms. The molecule has 1 aromatic carbocycles. The topological polar surface area (TPSA) is 55.4 Å². The van der Waals surface area contributed by atoms with E-state index in [1.54, 1.807) is 38.3 Å². The van der Waals surface area contributed by atoms with Crippen LogP contribution in [0, 0.1) is 0 Å².